The number of aromatic hydroxyl groups is 1. The van der Waals surface area contributed by atoms with E-state index in [2.05, 4.69) is 30.9 Å². The average Bonchev–Trinajstić information content (AvgIpc) is 3.12. The second-order valence-electron chi connectivity index (χ2n) is 5.25. The Bertz CT molecular complexity index is 1110. The minimum absolute atomic E-state index is 0.0887. The molecule has 0 bridgehead atoms. The highest BCUT2D eigenvalue weighted by Gasteiger charge is 2.16. The molecule has 0 atom stereocenters. The molecule has 0 aliphatic heterocycles. The van der Waals surface area contributed by atoms with Gasteiger partial charge in [0.15, 0.2) is 15.9 Å². The zero-order chi connectivity index (χ0) is 16.8. The normalized spacial score (nSPS) is 11.6. The molecule has 0 saturated carbocycles. The molecule has 0 aliphatic rings. The molecule has 122 valence electrons. The van der Waals surface area contributed by atoms with Crippen LogP contribution >= 0.6 is 15.9 Å². The number of nitrogens with one attached hydrogen (secondary N) is 1. The molecular weight excluding hydrogens is 378 g/mol. The number of rotatable bonds is 3. The van der Waals surface area contributed by atoms with Gasteiger partial charge in [-0.05, 0) is 45.8 Å². The van der Waals surface area contributed by atoms with Crippen LogP contribution in [0.3, 0.4) is 0 Å². The van der Waals surface area contributed by atoms with E-state index in [-0.39, 0.29) is 30.0 Å². The van der Waals surface area contributed by atoms with Crippen molar-refractivity contribution < 1.29 is 10.2 Å². The third-order valence-electron chi connectivity index (χ3n) is 3.76. The summed E-state index contributed by atoms with van der Waals surface area (Å²) in [6.45, 7) is 0.194. The first-order valence-electron chi connectivity index (χ1n) is 7.16. The lowest BCUT2D eigenvalue weighted by molar-refractivity contribution is 0.276. The maximum absolute atomic E-state index is 12.7. The van der Waals surface area contributed by atoms with Crippen molar-refractivity contribution in [1.29, 1.82) is 0 Å². The van der Waals surface area contributed by atoms with Crippen molar-refractivity contribution in [3.8, 4) is 17.0 Å². The van der Waals surface area contributed by atoms with Crippen LogP contribution in [0.15, 0.2) is 40.0 Å². The Morgan fingerprint density at radius 3 is 2.67 bits per heavy atom. The molecule has 0 spiro atoms. The number of aliphatic hydroxyl groups is 1. The molecule has 3 aromatic heterocycles. The van der Waals surface area contributed by atoms with Gasteiger partial charge in [-0.3, -0.25) is 4.79 Å². The quantitative estimate of drug-likeness (QED) is 0.460. The summed E-state index contributed by atoms with van der Waals surface area (Å²) >= 11 is 3.28. The lowest BCUT2D eigenvalue weighted by atomic mass is 10.2. The number of aliphatic hydroxyl groups excluding tert-OH is 1. The largest absolute Gasteiger partial charge is 0.508 e. The summed E-state index contributed by atoms with van der Waals surface area (Å²) in [5, 5.41) is 18.6. The van der Waals surface area contributed by atoms with Crippen LogP contribution in [-0.2, 0) is 6.54 Å². The van der Waals surface area contributed by atoms with E-state index < -0.39 is 0 Å². The fourth-order valence-corrected chi connectivity index (χ4v) is 3.14. The Balaban J connectivity index is 1.97. The van der Waals surface area contributed by atoms with Crippen LogP contribution in [-0.4, -0.2) is 40.7 Å². The van der Waals surface area contributed by atoms with Crippen LogP contribution in [0.25, 0.3) is 28.2 Å². The number of aromatic amines is 1. The molecule has 0 amide bonds. The zero-order valence-electron chi connectivity index (χ0n) is 12.3. The monoisotopic (exact) mass is 389 g/mol. The molecule has 3 heterocycles. The second kappa shape index (κ2) is 5.46. The number of hydrogen-bond donors (Lipinski definition) is 3. The van der Waals surface area contributed by atoms with Crippen molar-refractivity contribution in [1.82, 2.24) is 23.9 Å². The highest BCUT2D eigenvalue weighted by atomic mass is 79.9. The highest BCUT2D eigenvalue weighted by Crippen LogP contribution is 2.22. The predicted molar refractivity (Wildman–Crippen MR) is 91.0 cm³/mol. The van der Waals surface area contributed by atoms with Gasteiger partial charge in [0.25, 0.3) is 5.56 Å². The van der Waals surface area contributed by atoms with E-state index in [1.54, 1.807) is 35.0 Å². The predicted octanol–water partition coefficient (Wildman–Crippen LogP) is 1.50. The van der Waals surface area contributed by atoms with Gasteiger partial charge in [0.1, 0.15) is 5.75 Å². The number of phenolic OH excluding ortho intramolecular Hbond substituents is 1. The highest BCUT2D eigenvalue weighted by molar-refractivity contribution is 9.10. The van der Waals surface area contributed by atoms with E-state index in [0.29, 0.717) is 21.9 Å². The van der Waals surface area contributed by atoms with Crippen molar-refractivity contribution in [3.63, 3.8) is 0 Å². The van der Waals surface area contributed by atoms with Gasteiger partial charge in [-0.15, -0.1) is 0 Å². The minimum atomic E-state index is -0.298. The SMILES string of the molecule is O=c1c2nc(Br)n(CCO)c2nc2[nH]c(-c3ccc(O)cc3)cn12. The Morgan fingerprint density at radius 2 is 1.96 bits per heavy atom. The number of halogens is 1. The fraction of sp³-hybridized carbons (Fsp3) is 0.133. The van der Waals surface area contributed by atoms with Crippen LogP contribution in [0, 0.1) is 0 Å². The molecule has 3 N–H and O–H groups in total. The molecule has 0 radical (unpaired) electrons. The molecular formula is C15H12BrN5O3. The average molecular weight is 390 g/mol. The number of H-pyrrole nitrogens is 1. The molecule has 0 aliphatic carbocycles. The van der Waals surface area contributed by atoms with Gasteiger partial charge in [-0.2, -0.15) is 4.98 Å². The van der Waals surface area contributed by atoms with Gasteiger partial charge in [0.05, 0.1) is 12.3 Å². The van der Waals surface area contributed by atoms with Crippen molar-refractivity contribution in [2.24, 2.45) is 0 Å². The Hall–Kier alpha value is -2.65. The summed E-state index contributed by atoms with van der Waals surface area (Å²) in [6.07, 6.45) is 1.65. The van der Waals surface area contributed by atoms with E-state index in [1.807, 2.05) is 0 Å². The molecule has 8 nitrogen and oxygen atoms in total. The summed E-state index contributed by atoms with van der Waals surface area (Å²) in [5.41, 5.74) is 1.84. The van der Waals surface area contributed by atoms with E-state index in [0.717, 1.165) is 5.56 Å². The standard InChI is InChI=1S/C15H12BrN5O3/c16-14-18-11-12(20(14)5-6-22)19-15-17-10(7-21(15)13(11)24)8-1-3-9(23)4-2-8/h1-4,7,22-23H,5-6H2,(H,17,19). The second-order valence-corrected chi connectivity index (χ2v) is 5.96. The van der Waals surface area contributed by atoms with Crippen LogP contribution in [0.2, 0.25) is 0 Å². The number of fused-ring (bicyclic) bond motifs is 2. The topological polar surface area (TPSA) is 108 Å². The third-order valence-corrected chi connectivity index (χ3v) is 4.37. The van der Waals surface area contributed by atoms with Crippen molar-refractivity contribution in [2.45, 2.75) is 6.54 Å². The number of benzene rings is 1. The zero-order valence-corrected chi connectivity index (χ0v) is 13.9. The lowest BCUT2D eigenvalue weighted by Gasteiger charge is -2.01. The molecule has 9 heteroatoms. The minimum Gasteiger partial charge on any atom is -0.508 e. The number of nitrogens with zero attached hydrogens (tertiary/aromatic N) is 4. The first-order chi connectivity index (χ1) is 11.6. The van der Waals surface area contributed by atoms with E-state index >= 15 is 0 Å². The Labute approximate surface area is 143 Å². The fourth-order valence-electron chi connectivity index (χ4n) is 2.61. The van der Waals surface area contributed by atoms with Crippen molar-refractivity contribution in [3.05, 3.63) is 45.5 Å². The van der Waals surface area contributed by atoms with Crippen molar-refractivity contribution >= 4 is 32.9 Å². The van der Waals surface area contributed by atoms with Gasteiger partial charge in [-0.25, -0.2) is 9.38 Å². The van der Waals surface area contributed by atoms with Gasteiger partial charge >= 0.3 is 0 Å². The number of imidazole rings is 2. The maximum atomic E-state index is 12.7. The summed E-state index contributed by atoms with van der Waals surface area (Å²) in [6, 6.07) is 6.62. The molecule has 0 saturated heterocycles. The summed E-state index contributed by atoms with van der Waals surface area (Å²) in [4.78, 5) is 24.4. The van der Waals surface area contributed by atoms with Crippen molar-refractivity contribution in [2.75, 3.05) is 6.61 Å². The first-order valence-corrected chi connectivity index (χ1v) is 7.95. The number of phenols is 1. The third kappa shape index (κ3) is 2.21. The van der Waals surface area contributed by atoms with Crippen LogP contribution in [0.4, 0.5) is 0 Å². The Morgan fingerprint density at radius 1 is 1.21 bits per heavy atom. The summed E-state index contributed by atoms with van der Waals surface area (Å²) in [7, 11) is 0. The molecule has 24 heavy (non-hydrogen) atoms. The molecule has 4 rings (SSSR count). The van der Waals surface area contributed by atoms with E-state index in [4.69, 9.17) is 0 Å². The van der Waals surface area contributed by atoms with E-state index in [9.17, 15) is 15.0 Å². The van der Waals surface area contributed by atoms with E-state index in [1.165, 1.54) is 4.40 Å². The van der Waals surface area contributed by atoms with Crippen LogP contribution in [0.1, 0.15) is 0 Å². The number of aromatic nitrogens is 5. The Kier molecular flexibility index (Phi) is 3.39. The van der Waals surface area contributed by atoms with Gasteiger partial charge in [0.2, 0.25) is 5.78 Å². The smallest absolute Gasteiger partial charge is 0.287 e. The molecule has 4 aromatic rings. The lowest BCUT2D eigenvalue weighted by Crippen LogP contribution is -2.14. The summed E-state index contributed by atoms with van der Waals surface area (Å²) < 4.78 is 3.48. The first kappa shape index (κ1) is 14.9. The summed E-state index contributed by atoms with van der Waals surface area (Å²) in [5.74, 6) is 0.546. The van der Waals surface area contributed by atoms with Gasteiger partial charge in [-0.1, -0.05) is 0 Å². The molecule has 0 unspecified atom stereocenters. The van der Waals surface area contributed by atoms with Gasteiger partial charge in [0, 0.05) is 12.7 Å². The maximum Gasteiger partial charge on any atom is 0.287 e. The number of hydrogen-bond acceptors (Lipinski definition) is 5. The van der Waals surface area contributed by atoms with Gasteiger partial charge < -0.3 is 19.8 Å². The van der Waals surface area contributed by atoms with Crippen LogP contribution in [0.5, 0.6) is 5.75 Å². The molecule has 0 fully saturated rings. The molecule has 1 aromatic carbocycles. The van der Waals surface area contributed by atoms with Crippen LogP contribution < -0.4 is 5.56 Å².